The van der Waals surface area contributed by atoms with Crippen molar-refractivity contribution in [1.82, 2.24) is 0 Å². The van der Waals surface area contributed by atoms with Crippen LogP contribution in [0.25, 0.3) is 0 Å². The van der Waals surface area contributed by atoms with Gasteiger partial charge >= 0.3 is 0 Å². The second-order valence-corrected chi connectivity index (χ2v) is 13.8. The number of rotatable bonds is 0. The summed E-state index contributed by atoms with van der Waals surface area (Å²) >= 11 is 0. The molecule has 2 spiro atoms. The molecular formula is C27H40O5. The first-order valence-electron chi connectivity index (χ1n) is 12.7. The molecule has 0 aromatic heterocycles. The molecule has 0 heterocycles. The van der Waals surface area contributed by atoms with Crippen LogP contribution in [-0.2, 0) is 4.79 Å². The van der Waals surface area contributed by atoms with E-state index in [1.54, 1.807) is 0 Å². The molecule has 0 amide bonds. The van der Waals surface area contributed by atoms with E-state index in [1.807, 2.05) is 6.92 Å². The maximum atomic E-state index is 12.6. The SMILES string of the molecule is C[C@@H]1CC(=O)[C@H](O)[C@@]2(O)C[C@@]3(C)C4=CC[C@H]5C(C)(C)[C@@H](O)CC[C@@]56C[C@@]46[C@@H](O)C[C@]3(C)[C@@H]12. The van der Waals surface area contributed by atoms with Crippen molar-refractivity contribution in [3.8, 4) is 0 Å². The monoisotopic (exact) mass is 444 g/mol. The van der Waals surface area contributed by atoms with Gasteiger partial charge in [0.15, 0.2) is 5.78 Å². The van der Waals surface area contributed by atoms with Crippen LogP contribution in [0, 0.1) is 44.8 Å². The topological polar surface area (TPSA) is 98.0 Å². The first kappa shape index (κ1) is 21.8. The fourth-order valence-electron chi connectivity index (χ4n) is 11.1. The van der Waals surface area contributed by atoms with Gasteiger partial charge in [0.1, 0.15) is 11.7 Å². The molecule has 11 atom stereocenters. The van der Waals surface area contributed by atoms with Gasteiger partial charge in [-0.1, -0.05) is 46.3 Å². The van der Waals surface area contributed by atoms with E-state index in [0.717, 1.165) is 25.7 Å². The molecule has 0 bridgehead atoms. The second kappa shape index (κ2) is 5.72. The van der Waals surface area contributed by atoms with Gasteiger partial charge in [0.2, 0.25) is 0 Å². The second-order valence-electron chi connectivity index (χ2n) is 13.8. The van der Waals surface area contributed by atoms with E-state index in [-0.39, 0.29) is 57.2 Å². The van der Waals surface area contributed by atoms with Gasteiger partial charge in [-0.05, 0) is 77.9 Å². The number of hydrogen-bond acceptors (Lipinski definition) is 5. The molecule has 0 radical (unpaired) electrons. The summed E-state index contributed by atoms with van der Waals surface area (Å²) in [6.45, 7) is 10.8. The lowest BCUT2D eigenvalue weighted by Crippen LogP contribution is -2.60. The van der Waals surface area contributed by atoms with Crippen LogP contribution in [0.1, 0.15) is 79.6 Å². The Morgan fingerprint density at radius 3 is 2.41 bits per heavy atom. The first-order valence-corrected chi connectivity index (χ1v) is 12.7. The summed E-state index contributed by atoms with van der Waals surface area (Å²) in [5.41, 5.74) is -1.39. The van der Waals surface area contributed by atoms with Crippen molar-refractivity contribution in [2.24, 2.45) is 44.8 Å². The van der Waals surface area contributed by atoms with Gasteiger partial charge in [0.05, 0.1) is 12.2 Å². The number of aliphatic hydroxyl groups is 4. The predicted octanol–water partition coefficient (Wildman–Crippen LogP) is 2.99. The summed E-state index contributed by atoms with van der Waals surface area (Å²) in [7, 11) is 0. The maximum Gasteiger partial charge on any atom is 0.164 e. The van der Waals surface area contributed by atoms with Crippen LogP contribution in [0.5, 0.6) is 0 Å². The molecule has 5 heteroatoms. The van der Waals surface area contributed by atoms with Gasteiger partial charge < -0.3 is 20.4 Å². The van der Waals surface area contributed by atoms with Crippen LogP contribution < -0.4 is 0 Å². The Bertz CT molecular complexity index is 940. The van der Waals surface area contributed by atoms with Crippen LogP contribution in [0.15, 0.2) is 11.6 Å². The number of carbonyl (C=O) groups is 1. The Kier molecular flexibility index (Phi) is 3.89. The van der Waals surface area contributed by atoms with Crippen molar-refractivity contribution in [3.63, 3.8) is 0 Å². The lowest BCUT2D eigenvalue weighted by molar-refractivity contribution is -0.176. The number of Topliss-reactive ketones (excluding diaryl/α,β-unsaturated/α-hetero) is 1. The lowest BCUT2D eigenvalue weighted by Gasteiger charge is -2.61. The molecule has 5 nitrogen and oxygen atoms in total. The minimum Gasteiger partial charge on any atom is -0.393 e. The van der Waals surface area contributed by atoms with Crippen molar-refractivity contribution < 1.29 is 25.2 Å². The molecule has 5 fully saturated rings. The van der Waals surface area contributed by atoms with Gasteiger partial charge in [0, 0.05) is 11.8 Å². The van der Waals surface area contributed by atoms with Gasteiger partial charge in [-0.15, -0.1) is 0 Å². The minimum absolute atomic E-state index is 0.0139. The molecule has 6 aliphatic rings. The molecule has 0 aromatic rings. The number of fused-ring (bicyclic) bond motifs is 4. The fraction of sp³-hybridized carbons (Fsp3) is 0.889. The van der Waals surface area contributed by atoms with Crippen molar-refractivity contribution in [3.05, 3.63) is 11.6 Å². The largest absolute Gasteiger partial charge is 0.393 e. The van der Waals surface area contributed by atoms with Crippen molar-refractivity contribution in [2.45, 2.75) is 103 Å². The van der Waals surface area contributed by atoms with Crippen LogP contribution in [-0.4, -0.2) is 50.1 Å². The summed E-state index contributed by atoms with van der Waals surface area (Å²) in [6, 6.07) is 0. The molecule has 32 heavy (non-hydrogen) atoms. The van der Waals surface area contributed by atoms with Crippen molar-refractivity contribution >= 4 is 5.78 Å². The molecule has 4 N–H and O–H groups in total. The molecule has 6 aliphatic carbocycles. The molecule has 5 saturated carbocycles. The van der Waals surface area contributed by atoms with Gasteiger partial charge in [-0.25, -0.2) is 0 Å². The standard InChI is InChI=1S/C27H40O5/c1-14-10-15(28)21(31)27(32)12-24(5)17-7-6-16-22(2,3)18(29)8-9-25(16)13-26(17,25)19(30)11-23(24,4)20(14)27/h7,14,16,18-21,29-32H,6,8-13H2,1-5H3/t14-,16+,18+,19+,20-,21+,23-,24+,25-,26+,27-/m1/s1. The zero-order valence-corrected chi connectivity index (χ0v) is 20.2. The Morgan fingerprint density at radius 2 is 1.72 bits per heavy atom. The third-order valence-corrected chi connectivity index (χ3v) is 12.5. The molecule has 0 aliphatic heterocycles. The molecule has 0 aromatic carbocycles. The van der Waals surface area contributed by atoms with Crippen LogP contribution >= 0.6 is 0 Å². The number of carbonyl (C=O) groups excluding carboxylic acids is 1. The molecule has 178 valence electrons. The third-order valence-electron chi connectivity index (χ3n) is 12.5. The van der Waals surface area contributed by atoms with Crippen LogP contribution in [0.4, 0.5) is 0 Å². The first-order chi connectivity index (χ1) is 14.7. The maximum absolute atomic E-state index is 12.6. The number of ketones is 1. The number of hydrogen-bond donors (Lipinski definition) is 4. The van der Waals surface area contributed by atoms with E-state index in [4.69, 9.17) is 0 Å². The van der Waals surface area contributed by atoms with Gasteiger partial charge in [0.25, 0.3) is 0 Å². The number of allylic oxidation sites excluding steroid dienone is 1. The summed E-state index contributed by atoms with van der Waals surface area (Å²) in [4.78, 5) is 12.6. The van der Waals surface area contributed by atoms with E-state index in [1.165, 1.54) is 5.57 Å². The van der Waals surface area contributed by atoms with E-state index in [9.17, 15) is 25.2 Å². The lowest BCUT2D eigenvalue weighted by atomic mass is 9.44. The molecule has 6 rings (SSSR count). The highest BCUT2D eigenvalue weighted by Crippen LogP contribution is 2.88. The smallest absolute Gasteiger partial charge is 0.164 e. The predicted molar refractivity (Wildman–Crippen MR) is 119 cm³/mol. The Labute approximate surface area is 191 Å². The van der Waals surface area contributed by atoms with E-state index >= 15 is 0 Å². The molecule has 0 saturated heterocycles. The summed E-state index contributed by atoms with van der Waals surface area (Å²) in [5.74, 6) is -0.167. The quantitative estimate of drug-likeness (QED) is 0.431. The van der Waals surface area contributed by atoms with E-state index in [0.29, 0.717) is 18.8 Å². The fourth-order valence-corrected chi connectivity index (χ4v) is 11.1. The summed E-state index contributed by atoms with van der Waals surface area (Å²) < 4.78 is 0. The normalized spacial score (nSPS) is 62.2. The van der Waals surface area contributed by atoms with E-state index < -0.39 is 17.8 Å². The zero-order valence-electron chi connectivity index (χ0n) is 20.2. The third kappa shape index (κ3) is 1.96. The van der Waals surface area contributed by atoms with Crippen LogP contribution in [0.3, 0.4) is 0 Å². The van der Waals surface area contributed by atoms with E-state index in [2.05, 4.69) is 33.8 Å². The number of aliphatic hydroxyl groups excluding tert-OH is 3. The highest BCUT2D eigenvalue weighted by molar-refractivity contribution is 5.86. The molecule has 0 unspecified atom stereocenters. The van der Waals surface area contributed by atoms with Crippen LogP contribution in [0.2, 0.25) is 0 Å². The zero-order chi connectivity index (χ0) is 23.3. The summed E-state index contributed by atoms with van der Waals surface area (Å²) in [6.07, 6.45) is 5.01. The van der Waals surface area contributed by atoms with Gasteiger partial charge in [-0.2, -0.15) is 0 Å². The van der Waals surface area contributed by atoms with Crippen molar-refractivity contribution in [1.29, 1.82) is 0 Å². The van der Waals surface area contributed by atoms with Gasteiger partial charge in [-0.3, -0.25) is 4.79 Å². The highest BCUT2D eigenvalue weighted by Gasteiger charge is 2.85. The Balaban J connectivity index is 1.52. The highest BCUT2D eigenvalue weighted by atomic mass is 16.4. The van der Waals surface area contributed by atoms with Crippen molar-refractivity contribution in [2.75, 3.05) is 0 Å². The Hall–Kier alpha value is -0.750. The average Bonchev–Trinajstić information content (AvgIpc) is 3.33. The minimum atomic E-state index is -1.44. The molecular weight excluding hydrogens is 404 g/mol. The Morgan fingerprint density at radius 1 is 1.03 bits per heavy atom. The summed E-state index contributed by atoms with van der Waals surface area (Å²) in [5, 5.41) is 45.5. The average molecular weight is 445 g/mol.